The monoisotopic (exact) mass is 326 g/mol. The fourth-order valence-corrected chi connectivity index (χ4v) is 2.43. The molecule has 0 spiro atoms. The van der Waals surface area contributed by atoms with Gasteiger partial charge in [-0.25, -0.2) is 4.79 Å². The van der Waals surface area contributed by atoms with E-state index in [2.05, 4.69) is 4.98 Å². The number of halogens is 2. The average molecular weight is 327 g/mol. The summed E-state index contributed by atoms with van der Waals surface area (Å²) in [5, 5.41) is 0.979. The van der Waals surface area contributed by atoms with Gasteiger partial charge in [-0.3, -0.25) is 14.2 Å². The molecule has 0 aliphatic carbocycles. The number of hydrogen-bond donors (Lipinski definition) is 1. The van der Waals surface area contributed by atoms with Crippen molar-refractivity contribution in [2.45, 2.75) is 19.9 Å². The third kappa shape index (κ3) is 3.43. The first-order valence-electron chi connectivity index (χ1n) is 6.17. The molecule has 2 aromatic rings. The van der Waals surface area contributed by atoms with Crippen LogP contribution in [-0.2, 0) is 13.0 Å². The Labute approximate surface area is 130 Å². The number of H-pyrrole nitrogens is 1. The molecule has 2 rings (SSSR count). The van der Waals surface area contributed by atoms with Gasteiger partial charge in [-0.1, -0.05) is 29.3 Å². The van der Waals surface area contributed by atoms with Crippen molar-refractivity contribution in [3.8, 4) is 0 Å². The van der Waals surface area contributed by atoms with E-state index in [4.69, 9.17) is 23.2 Å². The van der Waals surface area contributed by atoms with Crippen molar-refractivity contribution in [2.75, 3.05) is 0 Å². The zero-order chi connectivity index (χ0) is 15.6. The summed E-state index contributed by atoms with van der Waals surface area (Å²) in [5.41, 5.74) is -0.441. The van der Waals surface area contributed by atoms with Crippen molar-refractivity contribution in [3.05, 3.63) is 66.4 Å². The molecule has 0 aliphatic rings. The van der Waals surface area contributed by atoms with Crippen LogP contribution in [0.4, 0.5) is 0 Å². The third-order valence-corrected chi connectivity index (χ3v) is 3.65. The van der Waals surface area contributed by atoms with Crippen molar-refractivity contribution in [1.82, 2.24) is 9.55 Å². The number of carbonyl (C=O) groups is 1. The molecule has 1 aromatic carbocycles. The number of nitrogens with one attached hydrogen (secondary N) is 1. The van der Waals surface area contributed by atoms with Gasteiger partial charge >= 0.3 is 5.69 Å². The number of nitrogens with zero attached hydrogens (tertiary/aromatic N) is 1. The average Bonchev–Trinajstić information content (AvgIpc) is 2.40. The van der Waals surface area contributed by atoms with Gasteiger partial charge in [-0.2, -0.15) is 0 Å². The smallest absolute Gasteiger partial charge is 0.313 e. The van der Waals surface area contributed by atoms with Crippen LogP contribution in [0.15, 0.2) is 34.0 Å². The number of carbonyl (C=O) groups excluding carboxylic acids is 1. The number of ketones is 1. The lowest BCUT2D eigenvalue weighted by atomic mass is 10.1. The molecule has 0 fully saturated rings. The number of hydrogen-bond acceptors (Lipinski definition) is 3. The van der Waals surface area contributed by atoms with Crippen molar-refractivity contribution in [3.63, 3.8) is 0 Å². The molecule has 0 atom stereocenters. The minimum atomic E-state index is -0.601. The molecule has 110 valence electrons. The van der Waals surface area contributed by atoms with Crippen LogP contribution in [0.1, 0.15) is 22.8 Å². The van der Waals surface area contributed by atoms with Crippen molar-refractivity contribution < 1.29 is 4.79 Å². The lowest BCUT2D eigenvalue weighted by Gasteiger charge is -2.07. The van der Waals surface area contributed by atoms with Gasteiger partial charge in [0, 0.05) is 22.8 Å². The Morgan fingerprint density at radius 2 is 2.00 bits per heavy atom. The van der Waals surface area contributed by atoms with E-state index in [0.717, 1.165) is 16.3 Å². The fraction of sp³-hybridized carbons (Fsp3) is 0.214. The van der Waals surface area contributed by atoms with E-state index in [0.29, 0.717) is 16.5 Å². The molecular weight excluding hydrogens is 315 g/mol. The number of aromatic nitrogens is 2. The van der Waals surface area contributed by atoms with Crippen LogP contribution in [0.5, 0.6) is 0 Å². The van der Waals surface area contributed by atoms with E-state index < -0.39 is 17.0 Å². The largest absolute Gasteiger partial charge is 0.328 e. The van der Waals surface area contributed by atoms with Crippen molar-refractivity contribution in [1.29, 1.82) is 0 Å². The van der Waals surface area contributed by atoms with E-state index in [9.17, 15) is 14.4 Å². The molecule has 0 unspecified atom stereocenters. The first-order valence-corrected chi connectivity index (χ1v) is 6.93. The topological polar surface area (TPSA) is 71.9 Å². The van der Waals surface area contributed by atoms with Crippen LogP contribution in [0, 0.1) is 0 Å². The van der Waals surface area contributed by atoms with E-state index in [1.54, 1.807) is 18.2 Å². The molecule has 1 heterocycles. The van der Waals surface area contributed by atoms with Gasteiger partial charge in [0.15, 0.2) is 5.78 Å². The Kier molecular flexibility index (Phi) is 4.65. The Morgan fingerprint density at radius 1 is 1.29 bits per heavy atom. The molecule has 5 nitrogen and oxygen atoms in total. The Hall–Kier alpha value is -1.85. The molecule has 1 aromatic heterocycles. The van der Waals surface area contributed by atoms with Gasteiger partial charge in [0.05, 0.1) is 5.56 Å². The predicted octanol–water partition coefficient (Wildman–Crippen LogP) is 2.29. The lowest BCUT2D eigenvalue weighted by Crippen LogP contribution is -2.38. The maximum Gasteiger partial charge on any atom is 0.328 e. The summed E-state index contributed by atoms with van der Waals surface area (Å²) in [6.45, 7) is 1.39. The van der Waals surface area contributed by atoms with Crippen LogP contribution in [0.25, 0.3) is 0 Å². The highest BCUT2D eigenvalue weighted by molar-refractivity contribution is 6.35. The van der Waals surface area contributed by atoms with E-state index in [-0.39, 0.29) is 12.1 Å². The first kappa shape index (κ1) is 15.5. The van der Waals surface area contributed by atoms with Gasteiger partial charge in [0.2, 0.25) is 0 Å². The molecule has 0 aliphatic heterocycles. The number of benzene rings is 1. The van der Waals surface area contributed by atoms with Crippen molar-refractivity contribution in [2.24, 2.45) is 0 Å². The number of aryl methyl sites for hydroxylation is 1. The number of rotatable bonds is 4. The first-order chi connectivity index (χ1) is 9.90. The second-order valence-electron chi connectivity index (χ2n) is 4.51. The summed E-state index contributed by atoms with van der Waals surface area (Å²) in [6.07, 6.45) is 1.51. The highest BCUT2D eigenvalue weighted by Gasteiger charge is 2.11. The van der Waals surface area contributed by atoms with E-state index in [1.807, 2.05) is 0 Å². The molecule has 0 radical (unpaired) electrons. The third-order valence-electron chi connectivity index (χ3n) is 3.06. The Balaban J connectivity index is 2.32. The van der Waals surface area contributed by atoms with Gasteiger partial charge < -0.3 is 4.98 Å². The highest BCUT2D eigenvalue weighted by Crippen LogP contribution is 2.21. The predicted molar refractivity (Wildman–Crippen MR) is 81.5 cm³/mol. The normalized spacial score (nSPS) is 10.6. The minimum Gasteiger partial charge on any atom is -0.313 e. The summed E-state index contributed by atoms with van der Waals surface area (Å²) in [6, 6.07) is 5.01. The lowest BCUT2D eigenvalue weighted by molar-refractivity contribution is 0.101. The molecule has 0 saturated heterocycles. The van der Waals surface area contributed by atoms with E-state index in [1.165, 1.54) is 6.92 Å². The molecule has 0 saturated carbocycles. The molecule has 21 heavy (non-hydrogen) atoms. The second-order valence-corrected chi connectivity index (χ2v) is 5.35. The zero-order valence-electron chi connectivity index (χ0n) is 11.2. The van der Waals surface area contributed by atoms with Gasteiger partial charge in [0.25, 0.3) is 5.56 Å². The Bertz CT molecular complexity index is 809. The van der Waals surface area contributed by atoms with E-state index >= 15 is 0 Å². The quantitative estimate of drug-likeness (QED) is 0.876. The molecule has 1 N–H and O–H groups in total. The van der Waals surface area contributed by atoms with Crippen LogP contribution in [0.3, 0.4) is 0 Å². The maximum atomic E-state index is 12.1. The zero-order valence-corrected chi connectivity index (χ0v) is 12.7. The standard InChI is InChI=1S/C14H12Cl2N2O3/c1-8(19)11-7-17-14(21)18(13(11)20)5-4-9-2-3-10(15)6-12(9)16/h2-3,6-7H,4-5H2,1H3,(H,17,21). The molecule has 7 heteroatoms. The highest BCUT2D eigenvalue weighted by atomic mass is 35.5. The number of aromatic amines is 1. The SMILES string of the molecule is CC(=O)c1c[nH]c(=O)n(CCc2ccc(Cl)cc2Cl)c1=O. The minimum absolute atomic E-state index is 0.0446. The maximum absolute atomic E-state index is 12.1. The van der Waals surface area contributed by atoms with Crippen molar-refractivity contribution >= 4 is 29.0 Å². The summed E-state index contributed by atoms with van der Waals surface area (Å²) in [4.78, 5) is 37.5. The summed E-state index contributed by atoms with van der Waals surface area (Å²) in [7, 11) is 0. The van der Waals surface area contributed by atoms with Gasteiger partial charge in [-0.05, 0) is 31.0 Å². The molecule has 0 bridgehead atoms. The van der Waals surface area contributed by atoms with Gasteiger partial charge in [0.1, 0.15) is 0 Å². The van der Waals surface area contributed by atoms with Crippen LogP contribution in [0.2, 0.25) is 10.0 Å². The summed E-state index contributed by atoms with van der Waals surface area (Å²) < 4.78 is 0.988. The van der Waals surface area contributed by atoms with Crippen LogP contribution in [-0.4, -0.2) is 15.3 Å². The van der Waals surface area contributed by atoms with Gasteiger partial charge in [-0.15, -0.1) is 0 Å². The summed E-state index contributed by atoms with van der Waals surface area (Å²) >= 11 is 11.9. The second kappa shape index (κ2) is 6.28. The number of Topliss-reactive ketones (excluding diaryl/α,β-unsaturated/α-hetero) is 1. The molecule has 0 amide bonds. The fourth-order valence-electron chi connectivity index (χ4n) is 1.92. The Morgan fingerprint density at radius 3 is 2.62 bits per heavy atom. The molecular formula is C14H12Cl2N2O3. The van der Waals surface area contributed by atoms with Crippen LogP contribution >= 0.6 is 23.2 Å². The summed E-state index contributed by atoms with van der Waals surface area (Å²) in [5.74, 6) is -0.394. The van der Waals surface area contributed by atoms with Crippen LogP contribution < -0.4 is 11.2 Å².